The molecule has 1 aromatic carbocycles. The van der Waals surface area contributed by atoms with Gasteiger partial charge in [0, 0.05) is 18.7 Å². The topological polar surface area (TPSA) is 68.7 Å². The van der Waals surface area contributed by atoms with Crippen molar-refractivity contribution in [3.63, 3.8) is 0 Å². The molecular weight excluding hydrogens is 317 g/mol. The number of aromatic nitrogens is 1. The van der Waals surface area contributed by atoms with Gasteiger partial charge in [0.25, 0.3) is 0 Å². The summed E-state index contributed by atoms with van der Waals surface area (Å²) in [5, 5.41) is 9.65. The fourth-order valence-corrected chi connectivity index (χ4v) is 2.42. The molecule has 0 spiro atoms. The van der Waals surface area contributed by atoms with Gasteiger partial charge in [-0.25, -0.2) is 9.78 Å². The first-order valence-electron chi connectivity index (χ1n) is 6.04. The Kier molecular flexibility index (Phi) is 3.61. The lowest BCUT2D eigenvalue weighted by molar-refractivity contribution is -0.144. The molecule has 0 saturated heterocycles. The highest BCUT2D eigenvalue weighted by molar-refractivity contribution is 6.35. The molecule has 0 amide bonds. The molecule has 0 fully saturated rings. The van der Waals surface area contributed by atoms with Gasteiger partial charge in [0.1, 0.15) is 16.5 Å². The summed E-state index contributed by atoms with van der Waals surface area (Å²) in [5.74, 6) is 0.173. The molecule has 2 aromatic rings. The SMILES string of the molecule is O=C(O)C1Cc2ccc(Oc3ncc(Cl)cc3Cl)cc2O1. The van der Waals surface area contributed by atoms with Gasteiger partial charge in [0.15, 0.2) is 6.10 Å². The van der Waals surface area contributed by atoms with Crippen LogP contribution in [-0.2, 0) is 11.2 Å². The summed E-state index contributed by atoms with van der Waals surface area (Å²) in [6.45, 7) is 0. The highest BCUT2D eigenvalue weighted by Gasteiger charge is 2.29. The van der Waals surface area contributed by atoms with E-state index >= 15 is 0 Å². The van der Waals surface area contributed by atoms with E-state index in [0.717, 1.165) is 5.56 Å². The lowest BCUT2D eigenvalue weighted by Crippen LogP contribution is -2.24. The van der Waals surface area contributed by atoms with Gasteiger partial charge in [-0.3, -0.25) is 0 Å². The summed E-state index contributed by atoms with van der Waals surface area (Å²) in [5.41, 5.74) is 0.824. The number of carboxylic acid groups (broad SMARTS) is 1. The van der Waals surface area contributed by atoms with Crippen molar-refractivity contribution >= 4 is 29.2 Å². The molecule has 1 unspecified atom stereocenters. The molecule has 108 valence electrons. The van der Waals surface area contributed by atoms with Gasteiger partial charge in [-0.05, 0) is 17.7 Å². The molecule has 5 nitrogen and oxygen atoms in total. The third-order valence-electron chi connectivity index (χ3n) is 2.98. The number of aliphatic carboxylic acids is 1. The molecule has 0 bridgehead atoms. The summed E-state index contributed by atoms with van der Waals surface area (Å²) in [6, 6.07) is 6.61. The normalized spacial score (nSPS) is 16.2. The highest BCUT2D eigenvalue weighted by Crippen LogP contribution is 2.35. The van der Waals surface area contributed by atoms with E-state index in [1.807, 2.05) is 0 Å². The van der Waals surface area contributed by atoms with Crippen molar-refractivity contribution in [3.8, 4) is 17.4 Å². The molecule has 3 rings (SSSR count). The van der Waals surface area contributed by atoms with Gasteiger partial charge in [-0.1, -0.05) is 29.3 Å². The van der Waals surface area contributed by atoms with E-state index in [4.69, 9.17) is 37.8 Å². The van der Waals surface area contributed by atoms with Gasteiger partial charge in [0.2, 0.25) is 5.88 Å². The second-order valence-corrected chi connectivity index (χ2v) is 5.30. The second-order valence-electron chi connectivity index (χ2n) is 4.46. The molecule has 2 heterocycles. The van der Waals surface area contributed by atoms with Crippen LogP contribution in [0.5, 0.6) is 17.4 Å². The predicted octanol–water partition coefficient (Wildman–Crippen LogP) is 3.57. The Morgan fingerprint density at radius 1 is 1.38 bits per heavy atom. The van der Waals surface area contributed by atoms with E-state index in [1.165, 1.54) is 12.3 Å². The first-order valence-corrected chi connectivity index (χ1v) is 6.80. The van der Waals surface area contributed by atoms with E-state index in [9.17, 15) is 4.79 Å². The maximum atomic E-state index is 10.9. The average molecular weight is 326 g/mol. The van der Waals surface area contributed by atoms with Crippen LogP contribution in [0.3, 0.4) is 0 Å². The lowest BCUT2D eigenvalue weighted by atomic mass is 10.1. The zero-order chi connectivity index (χ0) is 15.0. The molecule has 0 saturated carbocycles. The van der Waals surface area contributed by atoms with Crippen LogP contribution in [0.1, 0.15) is 5.56 Å². The van der Waals surface area contributed by atoms with E-state index in [1.54, 1.807) is 18.2 Å². The number of benzene rings is 1. The minimum atomic E-state index is -0.990. The fraction of sp³-hybridized carbons (Fsp3) is 0.143. The standard InChI is InChI=1S/C14H9Cl2NO4/c15-8-4-10(16)13(17-6-8)20-9-2-1-7-3-12(14(18)19)21-11(7)5-9/h1-2,4-6,12H,3H2,(H,18,19). The van der Waals surface area contributed by atoms with Crippen LogP contribution < -0.4 is 9.47 Å². The maximum absolute atomic E-state index is 10.9. The van der Waals surface area contributed by atoms with Gasteiger partial charge in [-0.15, -0.1) is 0 Å². The zero-order valence-corrected chi connectivity index (χ0v) is 12.1. The third kappa shape index (κ3) is 2.89. The van der Waals surface area contributed by atoms with E-state index < -0.39 is 12.1 Å². The van der Waals surface area contributed by atoms with Gasteiger partial charge >= 0.3 is 5.97 Å². The van der Waals surface area contributed by atoms with Crippen LogP contribution >= 0.6 is 23.2 Å². The minimum absolute atomic E-state index is 0.216. The van der Waals surface area contributed by atoms with Gasteiger partial charge < -0.3 is 14.6 Å². The Morgan fingerprint density at radius 2 is 2.19 bits per heavy atom. The quantitative estimate of drug-likeness (QED) is 0.934. The number of pyridine rings is 1. The first kappa shape index (κ1) is 14.0. The number of rotatable bonds is 3. The summed E-state index contributed by atoms with van der Waals surface area (Å²) in [6.07, 6.45) is 0.908. The molecule has 0 radical (unpaired) electrons. The third-order valence-corrected chi connectivity index (χ3v) is 3.45. The van der Waals surface area contributed by atoms with Gasteiger partial charge in [-0.2, -0.15) is 0 Å². The Hall–Kier alpha value is -1.98. The van der Waals surface area contributed by atoms with Crippen molar-refractivity contribution in [1.82, 2.24) is 4.98 Å². The number of ether oxygens (including phenoxy) is 2. The summed E-state index contributed by atoms with van der Waals surface area (Å²) < 4.78 is 10.9. The number of carbonyl (C=O) groups is 1. The van der Waals surface area contributed by atoms with Crippen LogP contribution in [0.4, 0.5) is 0 Å². The number of fused-ring (bicyclic) bond motifs is 1. The molecule has 1 atom stereocenters. The van der Waals surface area contributed by atoms with E-state index in [0.29, 0.717) is 22.9 Å². The number of carboxylic acids is 1. The van der Waals surface area contributed by atoms with Crippen LogP contribution in [0.2, 0.25) is 10.0 Å². The monoisotopic (exact) mass is 325 g/mol. The summed E-state index contributed by atoms with van der Waals surface area (Å²) in [7, 11) is 0. The van der Waals surface area contributed by atoms with Gasteiger partial charge in [0.05, 0.1) is 5.02 Å². The molecule has 21 heavy (non-hydrogen) atoms. The smallest absolute Gasteiger partial charge is 0.345 e. The van der Waals surface area contributed by atoms with Crippen molar-refractivity contribution in [3.05, 3.63) is 46.1 Å². The molecule has 0 aliphatic carbocycles. The minimum Gasteiger partial charge on any atom is -0.478 e. The number of hydrogen-bond donors (Lipinski definition) is 1. The second kappa shape index (κ2) is 5.42. The van der Waals surface area contributed by atoms with Crippen molar-refractivity contribution < 1.29 is 19.4 Å². The van der Waals surface area contributed by atoms with Crippen molar-refractivity contribution in [2.24, 2.45) is 0 Å². The van der Waals surface area contributed by atoms with E-state index in [2.05, 4.69) is 4.98 Å². The zero-order valence-electron chi connectivity index (χ0n) is 10.5. The van der Waals surface area contributed by atoms with Crippen LogP contribution in [0.15, 0.2) is 30.5 Å². The van der Waals surface area contributed by atoms with Crippen LogP contribution in [-0.4, -0.2) is 22.2 Å². The Bertz CT molecular complexity index is 720. The molecular formula is C14H9Cl2NO4. The molecule has 7 heteroatoms. The van der Waals surface area contributed by atoms with Crippen LogP contribution in [0.25, 0.3) is 0 Å². The average Bonchev–Trinajstić information content (AvgIpc) is 2.85. The number of hydrogen-bond acceptors (Lipinski definition) is 4. The molecule has 1 aliphatic rings. The van der Waals surface area contributed by atoms with Crippen molar-refractivity contribution in [2.75, 3.05) is 0 Å². The fourth-order valence-electron chi connectivity index (χ4n) is 2.00. The first-order chi connectivity index (χ1) is 10.0. The van der Waals surface area contributed by atoms with E-state index in [-0.39, 0.29) is 10.9 Å². The van der Waals surface area contributed by atoms with Crippen molar-refractivity contribution in [2.45, 2.75) is 12.5 Å². The summed E-state index contributed by atoms with van der Waals surface area (Å²) in [4.78, 5) is 14.9. The Labute approximate surface area is 130 Å². The molecule has 1 N–H and O–H groups in total. The largest absolute Gasteiger partial charge is 0.478 e. The van der Waals surface area contributed by atoms with Crippen molar-refractivity contribution in [1.29, 1.82) is 0 Å². The summed E-state index contributed by atoms with van der Waals surface area (Å²) >= 11 is 11.7. The molecule has 1 aromatic heterocycles. The Balaban J connectivity index is 1.83. The highest BCUT2D eigenvalue weighted by atomic mass is 35.5. The number of nitrogens with zero attached hydrogens (tertiary/aromatic N) is 1. The molecule has 1 aliphatic heterocycles. The van der Waals surface area contributed by atoms with Crippen LogP contribution in [0, 0.1) is 0 Å². The number of halogens is 2. The Morgan fingerprint density at radius 3 is 2.90 bits per heavy atom. The predicted molar refractivity (Wildman–Crippen MR) is 76.5 cm³/mol. The lowest BCUT2D eigenvalue weighted by Gasteiger charge is -2.08. The maximum Gasteiger partial charge on any atom is 0.345 e.